The summed E-state index contributed by atoms with van der Waals surface area (Å²) in [4.78, 5) is 1.30. The van der Waals surface area contributed by atoms with E-state index in [1.165, 1.54) is 17.8 Å². The number of phenolic OH excluding ortho intramolecular Hbond substituents is 1. The van der Waals surface area contributed by atoms with Gasteiger partial charge in [-0.15, -0.1) is 0 Å². The molecule has 0 radical (unpaired) electrons. The van der Waals surface area contributed by atoms with E-state index >= 15 is 0 Å². The fraction of sp³-hybridized carbons (Fsp3) is 0. The largest absolute Gasteiger partial charge is 0.508 e. The van der Waals surface area contributed by atoms with Gasteiger partial charge in [-0.2, -0.15) is 5.26 Å². The van der Waals surface area contributed by atoms with Gasteiger partial charge < -0.3 is 5.11 Å². The van der Waals surface area contributed by atoms with Gasteiger partial charge in [0, 0.05) is 9.79 Å². The van der Waals surface area contributed by atoms with Crippen LogP contribution in [0.1, 0.15) is 5.56 Å². The minimum absolute atomic E-state index is 0.0286. The van der Waals surface area contributed by atoms with Crippen molar-refractivity contribution in [2.45, 2.75) is 9.79 Å². The fourth-order valence-corrected chi connectivity index (χ4v) is 2.34. The third-order valence-corrected chi connectivity index (χ3v) is 3.18. The third kappa shape index (κ3) is 2.58. The van der Waals surface area contributed by atoms with E-state index in [0.29, 0.717) is 4.90 Å². The molecule has 84 valence electrons. The quantitative estimate of drug-likeness (QED) is 0.879. The molecular weight excluding hydrogens is 237 g/mol. The van der Waals surface area contributed by atoms with Crippen LogP contribution in [0.2, 0.25) is 0 Å². The molecule has 0 aromatic heterocycles. The molecule has 0 saturated heterocycles. The molecule has 0 atom stereocenters. The number of hydrogen-bond donors (Lipinski definition) is 1. The fourth-order valence-electron chi connectivity index (χ4n) is 1.37. The van der Waals surface area contributed by atoms with Gasteiger partial charge in [0.25, 0.3) is 0 Å². The number of rotatable bonds is 2. The van der Waals surface area contributed by atoms with Crippen molar-refractivity contribution in [2.75, 3.05) is 0 Å². The Morgan fingerprint density at radius 1 is 1.18 bits per heavy atom. The molecule has 2 nitrogen and oxygen atoms in total. The maximum atomic E-state index is 13.3. The summed E-state index contributed by atoms with van der Waals surface area (Å²) >= 11 is 1.24. The van der Waals surface area contributed by atoms with Crippen molar-refractivity contribution in [3.8, 4) is 11.8 Å². The molecule has 0 heterocycles. The van der Waals surface area contributed by atoms with Gasteiger partial charge in [0.1, 0.15) is 23.2 Å². The minimum Gasteiger partial charge on any atom is -0.508 e. The van der Waals surface area contributed by atoms with Crippen molar-refractivity contribution in [3.63, 3.8) is 0 Å². The first-order chi connectivity index (χ1) is 8.20. The molecule has 2 aromatic rings. The van der Waals surface area contributed by atoms with Crippen molar-refractivity contribution in [3.05, 3.63) is 53.8 Å². The first-order valence-electron chi connectivity index (χ1n) is 4.86. The predicted octanol–water partition coefficient (Wildman–Crippen LogP) is 3.55. The lowest BCUT2D eigenvalue weighted by Gasteiger charge is -2.04. The van der Waals surface area contributed by atoms with E-state index in [1.807, 2.05) is 6.07 Å². The van der Waals surface area contributed by atoms with Crippen LogP contribution < -0.4 is 0 Å². The van der Waals surface area contributed by atoms with Gasteiger partial charge in [0.15, 0.2) is 0 Å². The third-order valence-electron chi connectivity index (χ3n) is 2.13. The molecule has 0 amide bonds. The Morgan fingerprint density at radius 3 is 2.65 bits per heavy atom. The number of nitrogens with zero attached hydrogens (tertiary/aromatic N) is 1. The lowest BCUT2D eigenvalue weighted by atomic mass is 10.2. The minimum atomic E-state index is -0.530. The molecule has 2 rings (SSSR count). The van der Waals surface area contributed by atoms with Gasteiger partial charge in [0.2, 0.25) is 0 Å². The zero-order chi connectivity index (χ0) is 12.3. The number of halogens is 1. The van der Waals surface area contributed by atoms with Crippen molar-refractivity contribution in [2.24, 2.45) is 0 Å². The smallest absolute Gasteiger partial charge is 0.142 e. The van der Waals surface area contributed by atoms with Gasteiger partial charge in [-0.25, -0.2) is 4.39 Å². The summed E-state index contributed by atoms with van der Waals surface area (Å²) in [6.07, 6.45) is 0. The lowest BCUT2D eigenvalue weighted by Crippen LogP contribution is -1.86. The SMILES string of the molecule is N#Cc1c(F)cccc1Sc1cccc(O)c1. The van der Waals surface area contributed by atoms with Crippen LogP contribution in [0.3, 0.4) is 0 Å². The molecule has 0 aliphatic rings. The number of benzene rings is 2. The molecular formula is C13H8FNOS. The van der Waals surface area contributed by atoms with E-state index in [1.54, 1.807) is 36.4 Å². The van der Waals surface area contributed by atoms with Gasteiger partial charge in [0.05, 0.1) is 0 Å². The zero-order valence-corrected chi connectivity index (χ0v) is 9.54. The molecule has 0 aliphatic heterocycles. The molecule has 2 aromatic carbocycles. The highest BCUT2D eigenvalue weighted by Gasteiger charge is 2.09. The van der Waals surface area contributed by atoms with Crippen LogP contribution in [-0.4, -0.2) is 5.11 Å². The molecule has 0 aliphatic carbocycles. The zero-order valence-electron chi connectivity index (χ0n) is 8.72. The van der Waals surface area contributed by atoms with Crippen LogP contribution in [0.4, 0.5) is 4.39 Å². The topological polar surface area (TPSA) is 44.0 Å². The number of aromatic hydroxyl groups is 1. The van der Waals surface area contributed by atoms with Gasteiger partial charge in [-0.05, 0) is 30.3 Å². The molecule has 0 bridgehead atoms. The van der Waals surface area contributed by atoms with Crippen molar-refractivity contribution in [1.29, 1.82) is 5.26 Å². The normalized spacial score (nSPS) is 9.88. The second-order valence-corrected chi connectivity index (χ2v) is 4.44. The summed E-state index contributed by atoms with van der Waals surface area (Å²) in [5.74, 6) is -0.387. The van der Waals surface area contributed by atoms with Crippen molar-refractivity contribution < 1.29 is 9.50 Å². The van der Waals surface area contributed by atoms with Crippen LogP contribution in [0, 0.1) is 17.1 Å². The highest BCUT2D eigenvalue weighted by atomic mass is 32.2. The Hall–Kier alpha value is -1.99. The van der Waals surface area contributed by atoms with Crippen molar-refractivity contribution in [1.82, 2.24) is 0 Å². The van der Waals surface area contributed by atoms with Crippen LogP contribution >= 0.6 is 11.8 Å². The van der Waals surface area contributed by atoms with Gasteiger partial charge in [-0.3, -0.25) is 0 Å². The lowest BCUT2D eigenvalue weighted by molar-refractivity contribution is 0.474. The second-order valence-electron chi connectivity index (χ2n) is 3.32. The average Bonchev–Trinajstić information content (AvgIpc) is 2.29. The standard InChI is InChI=1S/C13H8FNOS/c14-12-5-2-6-13(11(12)8-15)17-10-4-1-3-9(16)7-10/h1-7,16H. The van der Waals surface area contributed by atoms with E-state index in [4.69, 9.17) is 5.26 Å². The number of nitriles is 1. The van der Waals surface area contributed by atoms with E-state index in [2.05, 4.69) is 0 Å². The predicted molar refractivity (Wildman–Crippen MR) is 63.3 cm³/mol. The van der Waals surface area contributed by atoms with Crippen LogP contribution in [0.25, 0.3) is 0 Å². The molecule has 1 N–H and O–H groups in total. The Balaban J connectivity index is 2.37. The highest BCUT2D eigenvalue weighted by molar-refractivity contribution is 7.99. The summed E-state index contributed by atoms with van der Waals surface area (Å²) in [5, 5.41) is 18.2. The summed E-state index contributed by atoms with van der Waals surface area (Å²) in [5.41, 5.74) is 0.0286. The van der Waals surface area contributed by atoms with Gasteiger partial charge >= 0.3 is 0 Å². The molecule has 0 unspecified atom stereocenters. The van der Waals surface area contributed by atoms with E-state index in [-0.39, 0.29) is 11.3 Å². The van der Waals surface area contributed by atoms with Crippen LogP contribution in [-0.2, 0) is 0 Å². The number of hydrogen-bond acceptors (Lipinski definition) is 3. The van der Waals surface area contributed by atoms with Crippen LogP contribution in [0.5, 0.6) is 5.75 Å². The maximum Gasteiger partial charge on any atom is 0.142 e. The van der Waals surface area contributed by atoms with Crippen molar-refractivity contribution >= 4 is 11.8 Å². The van der Waals surface area contributed by atoms with Gasteiger partial charge in [-0.1, -0.05) is 23.9 Å². The van der Waals surface area contributed by atoms with E-state index in [0.717, 1.165) is 4.90 Å². The first-order valence-corrected chi connectivity index (χ1v) is 5.68. The molecule has 17 heavy (non-hydrogen) atoms. The summed E-state index contributed by atoms with van der Waals surface area (Å²) in [6.45, 7) is 0. The number of phenols is 1. The average molecular weight is 245 g/mol. The molecule has 4 heteroatoms. The first kappa shape index (κ1) is 11.5. The maximum absolute atomic E-state index is 13.3. The monoisotopic (exact) mass is 245 g/mol. The Morgan fingerprint density at radius 2 is 1.94 bits per heavy atom. The van der Waals surface area contributed by atoms with E-state index in [9.17, 15) is 9.50 Å². The Labute approximate surface area is 102 Å². The van der Waals surface area contributed by atoms with E-state index < -0.39 is 5.82 Å². The molecule has 0 spiro atoms. The molecule has 0 saturated carbocycles. The highest BCUT2D eigenvalue weighted by Crippen LogP contribution is 2.32. The summed E-state index contributed by atoms with van der Waals surface area (Å²) < 4.78 is 13.3. The molecule has 0 fully saturated rings. The summed E-state index contributed by atoms with van der Waals surface area (Å²) in [7, 11) is 0. The Bertz CT molecular complexity index is 592. The van der Waals surface area contributed by atoms with Crippen LogP contribution in [0.15, 0.2) is 52.3 Å². The second kappa shape index (κ2) is 4.89. The Kier molecular flexibility index (Phi) is 3.31. The summed E-state index contributed by atoms with van der Waals surface area (Å²) in [6, 6.07) is 12.9.